The fraction of sp³-hybridized carbons (Fsp3) is 0.333. The van der Waals surface area contributed by atoms with E-state index in [2.05, 4.69) is 16.4 Å². The van der Waals surface area contributed by atoms with Crippen molar-refractivity contribution in [3.8, 4) is 0 Å². The molecular formula is C3H4N3Y+2. The van der Waals surface area contributed by atoms with Crippen molar-refractivity contribution < 1.29 is 32.7 Å². The van der Waals surface area contributed by atoms with E-state index >= 15 is 0 Å². The van der Waals surface area contributed by atoms with E-state index in [1.807, 2.05) is 0 Å². The second-order valence-electron chi connectivity index (χ2n) is 0.963. The quantitative estimate of drug-likeness (QED) is 0.498. The average molecular weight is 171 g/mol. The van der Waals surface area contributed by atoms with E-state index < -0.39 is 0 Å². The van der Waals surface area contributed by atoms with Gasteiger partial charge >= 0.3 is 32.7 Å². The Morgan fingerprint density at radius 3 is 2.57 bits per heavy atom. The van der Waals surface area contributed by atoms with Crippen LogP contribution in [0, 0.1) is 6.20 Å². The SMILES string of the molecule is Cn1n[c-]cn1.[Y+3]. The molecule has 0 fully saturated rings. The second kappa shape index (κ2) is 3.27. The van der Waals surface area contributed by atoms with Crippen molar-refractivity contribution in [3.05, 3.63) is 12.4 Å². The third-order valence-corrected chi connectivity index (χ3v) is 0.485. The Hall–Kier alpha value is 0.244. The molecule has 0 radical (unpaired) electrons. The molecule has 1 aromatic rings. The summed E-state index contributed by atoms with van der Waals surface area (Å²) >= 11 is 0. The maximum Gasteiger partial charge on any atom is 3.00 e. The molecule has 0 amide bonds. The number of hydrogen-bond acceptors (Lipinski definition) is 2. The Morgan fingerprint density at radius 2 is 2.43 bits per heavy atom. The van der Waals surface area contributed by atoms with Gasteiger partial charge in [-0.25, -0.2) is 9.90 Å². The van der Waals surface area contributed by atoms with Crippen molar-refractivity contribution in [1.29, 1.82) is 0 Å². The van der Waals surface area contributed by atoms with Crippen LogP contribution in [0.1, 0.15) is 0 Å². The van der Waals surface area contributed by atoms with Crippen molar-refractivity contribution in [2.45, 2.75) is 0 Å². The zero-order valence-corrected chi connectivity index (χ0v) is 6.83. The Balaban J connectivity index is 0.000000360. The van der Waals surface area contributed by atoms with Gasteiger partial charge in [0, 0.05) is 7.05 Å². The van der Waals surface area contributed by atoms with Crippen LogP contribution in [0.4, 0.5) is 0 Å². The molecule has 0 bridgehead atoms. The van der Waals surface area contributed by atoms with Crippen LogP contribution in [0.2, 0.25) is 0 Å². The van der Waals surface area contributed by atoms with Crippen molar-refractivity contribution in [1.82, 2.24) is 15.0 Å². The van der Waals surface area contributed by atoms with E-state index in [0.29, 0.717) is 0 Å². The predicted octanol–water partition coefficient (Wildman–Crippen LogP) is -0.387. The van der Waals surface area contributed by atoms with Crippen molar-refractivity contribution in [2.75, 3.05) is 0 Å². The normalized spacial score (nSPS) is 7.57. The van der Waals surface area contributed by atoms with Crippen LogP contribution < -0.4 is 0 Å². The van der Waals surface area contributed by atoms with Gasteiger partial charge in [-0.15, -0.1) is 6.20 Å². The fourth-order valence-corrected chi connectivity index (χ4v) is 0.245. The van der Waals surface area contributed by atoms with E-state index in [0.717, 1.165) is 0 Å². The molecule has 0 aliphatic rings. The minimum Gasteiger partial charge on any atom is -0.375 e. The summed E-state index contributed by atoms with van der Waals surface area (Å²) in [6.45, 7) is 0. The van der Waals surface area contributed by atoms with Crippen LogP contribution in [0.3, 0.4) is 0 Å². The topological polar surface area (TPSA) is 30.7 Å². The summed E-state index contributed by atoms with van der Waals surface area (Å²) in [5.74, 6) is 0. The van der Waals surface area contributed by atoms with E-state index in [1.165, 1.54) is 11.0 Å². The van der Waals surface area contributed by atoms with Crippen LogP contribution in [-0.4, -0.2) is 15.0 Å². The van der Waals surface area contributed by atoms with Crippen LogP contribution in [0.15, 0.2) is 6.20 Å². The summed E-state index contributed by atoms with van der Waals surface area (Å²) in [6, 6.07) is 0. The molecule has 0 aromatic carbocycles. The molecule has 3 nitrogen and oxygen atoms in total. The molecular weight excluding hydrogens is 167 g/mol. The molecule has 0 saturated carbocycles. The maximum atomic E-state index is 3.67. The average Bonchev–Trinajstić information content (AvgIpc) is 1.86. The molecule has 1 rings (SSSR count). The van der Waals surface area contributed by atoms with E-state index in [9.17, 15) is 0 Å². The molecule has 0 N–H and O–H groups in total. The second-order valence-corrected chi connectivity index (χ2v) is 0.963. The molecule has 0 saturated heterocycles. The van der Waals surface area contributed by atoms with Gasteiger partial charge in [-0.05, 0) is 0 Å². The van der Waals surface area contributed by atoms with E-state index in [-0.39, 0.29) is 32.7 Å². The van der Waals surface area contributed by atoms with Crippen molar-refractivity contribution in [3.63, 3.8) is 0 Å². The molecule has 32 valence electrons. The van der Waals surface area contributed by atoms with Gasteiger partial charge < -0.3 is 11.3 Å². The van der Waals surface area contributed by atoms with Crippen LogP contribution in [-0.2, 0) is 39.8 Å². The van der Waals surface area contributed by atoms with Crippen LogP contribution in [0.5, 0.6) is 0 Å². The summed E-state index contributed by atoms with van der Waals surface area (Å²) in [5.41, 5.74) is 0. The first-order valence-corrected chi connectivity index (χ1v) is 1.62. The van der Waals surface area contributed by atoms with Crippen molar-refractivity contribution >= 4 is 0 Å². The van der Waals surface area contributed by atoms with E-state index in [1.54, 1.807) is 7.05 Å². The maximum absolute atomic E-state index is 3.67. The van der Waals surface area contributed by atoms with Crippen LogP contribution in [0.25, 0.3) is 0 Å². The minimum atomic E-state index is 0. The molecule has 0 unspecified atom stereocenters. The predicted molar refractivity (Wildman–Crippen MR) is 19.8 cm³/mol. The molecule has 0 spiro atoms. The molecule has 0 atom stereocenters. The Bertz CT molecular complexity index is 114. The summed E-state index contributed by atoms with van der Waals surface area (Å²) in [5, 5.41) is 7.26. The minimum absolute atomic E-state index is 0. The fourth-order valence-electron chi connectivity index (χ4n) is 0.245. The van der Waals surface area contributed by atoms with Crippen LogP contribution >= 0.6 is 0 Å². The van der Waals surface area contributed by atoms with E-state index in [4.69, 9.17) is 0 Å². The third kappa shape index (κ3) is 2.14. The first-order valence-electron chi connectivity index (χ1n) is 1.62. The molecule has 1 heterocycles. The first-order chi connectivity index (χ1) is 2.89. The molecule has 4 heteroatoms. The van der Waals surface area contributed by atoms with Gasteiger partial charge in [0.25, 0.3) is 0 Å². The summed E-state index contributed by atoms with van der Waals surface area (Å²) in [4.78, 5) is 1.44. The van der Waals surface area contributed by atoms with Gasteiger partial charge in [0.2, 0.25) is 0 Å². The molecule has 7 heavy (non-hydrogen) atoms. The Morgan fingerprint density at radius 1 is 1.71 bits per heavy atom. The molecule has 0 aliphatic heterocycles. The number of aromatic nitrogens is 3. The number of rotatable bonds is 0. The zero-order valence-electron chi connectivity index (χ0n) is 4.00. The Labute approximate surface area is 67.0 Å². The van der Waals surface area contributed by atoms with Crippen molar-refractivity contribution in [2.24, 2.45) is 7.05 Å². The number of nitrogens with zero attached hydrogens (tertiary/aromatic N) is 3. The smallest absolute Gasteiger partial charge is 0.375 e. The van der Waals surface area contributed by atoms with Gasteiger partial charge in [-0.2, -0.15) is 0 Å². The van der Waals surface area contributed by atoms with Gasteiger partial charge in [0.1, 0.15) is 0 Å². The number of aryl methyl sites for hydroxylation is 1. The largest absolute Gasteiger partial charge is 3.00 e. The summed E-state index contributed by atoms with van der Waals surface area (Å²) < 4.78 is 0. The number of hydrogen-bond donors (Lipinski definition) is 0. The first kappa shape index (κ1) is 7.24. The summed E-state index contributed by atoms with van der Waals surface area (Å²) in [6.07, 6.45) is 4.05. The third-order valence-electron chi connectivity index (χ3n) is 0.485. The molecule has 0 aliphatic carbocycles. The van der Waals surface area contributed by atoms with Gasteiger partial charge in [0.15, 0.2) is 0 Å². The zero-order chi connectivity index (χ0) is 4.41. The van der Waals surface area contributed by atoms with Gasteiger partial charge in [-0.1, -0.05) is 0 Å². The standard InChI is InChI=1S/C3H4N3.Y/c1-6-4-2-3-5-6;/h2H,1H3;/q-1;+3. The Kier molecular flexibility index (Phi) is 3.39. The molecule has 1 aromatic heterocycles. The monoisotopic (exact) mass is 171 g/mol. The van der Waals surface area contributed by atoms with Gasteiger partial charge in [-0.3, -0.25) is 0 Å². The van der Waals surface area contributed by atoms with Gasteiger partial charge in [0.05, 0.1) is 0 Å². The summed E-state index contributed by atoms with van der Waals surface area (Å²) in [7, 11) is 1.75.